The summed E-state index contributed by atoms with van der Waals surface area (Å²) in [7, 11) is 1.68. The molecule has 5 rings (SSSR count). The van der Waals surface area contributed by atoms with Gasteiger partial charge < -0.3 is 10.1 Å². The van der Waals surface area contributed by atoms with Crippen LogP contribution in [0.2, 0.25) is 0 Å². The molecule has 2 aliphatic heterocycles. The lowest BCUT2D eigenvalue weighted by atomic mass is 9.71. The van der Waals surface area contributed by atoms with Crippen molar-refractivity contribution in [2.24, 2.45) is 4.99 Å². The van der Waals surface area contributed by atoms with Crippen molar-refractivity contribution in [1.29, 1.82) is 0 Å². The maximum atomic E-state index is 12.6. The number of aliphatic imine (C=N–C) groups is 1. The Kier molecular flexibility index (Phi) is 3.07. The number of ether oxygens (including phenoxy) is 1. The van der Waals surface area contributed by atoms with Gasteiger partial charge in [0.1, 0.15) is 5.75 Å². The third kappa shape index (κ3) is 2.00. The quantitative estimate of drug-likeness (QED) is 0.914. The molecule has 25 heavy (non-hydrogen) atoms. The Balaban J connectivity index is 1.67. The Morgan fingerprint density at radius 2 is 1.84 bits per heavy atom. The summed E-state index contributed by atoms with van der Waals surface area (Å²) in [5.74, 6) is 0.929. The highest BCUT2D eigenvalue weighted by Gasteiger charge is 2.46. The lowest BCUT2D eigenvalue weighted by Gasteiger charge is -2.33. The van der Waals surface area contributed by atoms with Crippen molar-refractivity contribution in [2.45, 2.75) is 24.3 Å². The van der Waals surface area contributed by atoms with Crippen LogP contribution in [0.4, 0.5) is 5.69 Å². The summed E-state index contributed by atoms with van der Waals surface area (Å²) in [6.45, 7) is 0. The van der Waals surface area contributed by atoms with Crippen molar-refractivity contribution in [3.8, 4) is 5.75 Å². The molecule has 2 aromatic rings. The number of para-hydroxylation sites is 2. The van der Waals surface area contributed by atoms with Crippen molar-refractivity contribution in [2.75, 3.05) is 12.4 Å². The van der Waals surface area contributed by atoms with E-state index in [9.17, 15) is 4.79 Å². The average molecular weight is 330 g/mol. The number of hydrogen-bond acceptors (Lipinski definition) is 3. The molecule has 1 N–H and O–H groups in total. The number of hydrogen-bond donors (Lipinski definition) is 1. The zero-order valence-corrected chi connectivity index (χ0v) is 13.9. The van der Waals surface area contributed by atoms with Crippen LogP contribution in [0.5, 0.6) is 5.75 Å². The molecule has 124 valence electrons. The van der Waals surface area contributed by atoms with Crippen LogP contribution in [0.1, 0.15) is 29.4 Å². The van der Waals surface area contributed by atoms with E-state index in [-0.39, 0.29) is 23.8 Å². The molecule has 0 aromatic heterocycles. The van der Waals surface area contributed by atoms with E-state index in [1.807, 2.05) is 24.3 Å². The fourth-order valence-corrected chi connectivity index (χ4v) is 4.58. The number of nitrogens with zero attached hydrogens (tertiary/aromatic N) is 1. The SMILES string of the molecule is COc1ccccc1C1CC2Nc3ccccc3C2C2=C1C(=O)N=C2. The molecule has 1 aliphatic carbocycles. The van der Waals surface area contributed by atoms with Crippen LogP contribution in [-0.4, -0.2) is 25.3 Å². The summed E-state index contributed by atoms with van der Waals surface area (Å²) in [6.07, 6.45) is 2.63. The molecule has 4 heteroatoms. The Hall–Kier alpha value is -2.88. The highest BCUT2D eigenvalue weighted by Crippen LogP contribution is 2.52. The van der Waals surface area contributed by atoms with Crippen molar-refractivity contribution in [3.05, 3.63) is 70.8 Å². The molecule has 0 spiro atoms. The fourth-order valence-electron chi connectivity index (χ4n) is 4.58. The molecular formula is C21H18N2O2. The van der Waals surface area contributed by atoms with Crippen molar-refractivity contribution >= 4 is 17.8 Å². The molecule has 2 heterocycles. The van der Waals surface area contributed by atoms with Gasteiger partial charge in [-0.05, 0) is 29.7 Å². The number of fused-ring (bicyclic) bond motifs is 4. The van der Waals surface area contributed by atoms with Crippen LogP contribution in [-0.2, 0) is 4.79 Å². The Bertz CT molecular complexity index is 944. The molecule has 3 aliphatic rings. The number of amides is 1. The van der Waals surface area contributed by atoms with Gasteiger partial charge in [-0.3, -0.25) is 4.79 Å². The molecule has 4 nitrogen and oxygen atoms in total. The lowest BCUT2D eigenvalue weighted by molar-refractivity contribution is -0.114. The van der Waals surface area contributed by atoms with E-state index in [1.165, 1.54) is 5.56 Å². The minimum absolute atomic E-state index is 0.00390. The third-order valence-corrected chi connectivity index (χ3v) is 5.59. The van der Waals surface area contributed by atoms with Gasteiger partial charge >= 0.3 is 0 Å². The number of anilines is 1. The first-order chi connectivity index (χ1) is 12.3. The van der Waals surface area contributed by atoms with Crippen LogP contribution < -0.4 is 10.1 Å². The summed E-state index contributed by atoms with van der Waals surface area (Å²) < 4.78 is 5.56. The van der Waals surface area contributed by atoms with E-state index in [2.05, 4.69) is 34.6 Å². The Labute approximate surface area is 146 Å². The number of methoxy groups -OCH3 is 1. The van der Waals surface area contributed by atoms with E-state index in [1.54, 1.807) is 13.3 Å². The minimum Gasteiger partial charge on any atom is -0.496 e. The van der Waals surface area contributed by atoms with Crippen molar-refractivity contribution in [3.63, 3.8) is 0 Å². The minimum atomic E-state index is -0.103. The van der Waals surface area contributed by atoms with E-state index < -0.39 is 0 Å². The normalized spacial score (nSPS) is 26.1. The van der Waals surface area contributed by atoms with E-state index >= 15 is 0 Å². The Morgan fingerprint density at radius 1 is 1.08 bits per heavy atom. The van der Waals surface area contributed by atoms with Gasteiger partial charge in [0.2, 0.25) is 0 Å². The Morgan fingerprint density at radius 3 is 2.68 bits per heavy atom. The average Bonchev–Trinajstić information content (AvgIpc) is 3.21. The number of rotatable bonds is 2. The summed E-state index contributed by atoms with van der Waals surface area (Å²) in [5.41, 5.74) is 5.39. The first kappa shape index (κ1) is 14.5. The zero-order chi connectivity index (χ0) is 17.0. The topological polar surface area (TPSA) is 50.7 Å². The largest absolute Gasteiger partial charge is 0.496 e. The van der Waals surface area contributed by atoms with Gasteiger partial charge in [-0.15, -0.1) is 0 Å². The summed E-state index contributed by atoms with van der Waals surface area (Å²) in [4.78, 5) is 16.7. The van der Waals surface area contributed by atoms with Gasteiger partial charge in [0, 0.05) is 40.9 Å². The highest BCUT2D eigenvalue weighted by atomic mass is 16.5. The van der Waals surface area contributed by atoms with Crippen LogP contribution in [0.15, 0.2) is 64.7 Å². The second kappa shape index (κ2) is 5.31. The number of carbonyl (C=O) groups is 1. The van der Waals surface area contributed by atoms with Crippen LogP contribution in [0.25, 0.3) is 0 Å². The maximum Gasteiger partial charge on any atom is 0.273 e. The second-order valence-corrected chi connectivity index (χ2v) is 6.78. The van der Waals surface area contributed by atoms with E-state index in [0.717, 1.165) is 34.6 Å². The van der Waals surface area contributed by atoms with Gasteiger partial charge in [0.25, 0.3) is 5.91 Å². The van der Waals surface area contributed by atoms with Gasteiger partial charge in [0.15, 0.2) is 0 Å². The third-order valence-electron chi connectivity index (χ3n) is 5.59. The monoisotopic (exact) mass is 330 g/mol. The van der Waals surface area contributed by atoms with Crippen molar-refractivity contribution in [1.82, 2.24) is 0 Å². The molecule has 3 atom stereocenters. The first-order valence-corrected chi connectivity index (χ1v) is 8.58. The molecule has 2 aromatic carbocycles. The predicted octanol–water partition coefficient (Wildman–Crippen LogP) is 3.67. The molecule has 1 amide bonds. The standard InChI is InChI=1S/C21H18N2O2/c1-25-18-9-5-3-6-12(18)14-10-17-19(15-11-22-21(24)20(14)15)13-7-2-4-8-16(13)23-17/h2-9,11,14,17,19,23H,10H2,1H3. The summed E-state index contributed by atoms with van der Waals surface area (Å²) >= 11 is 0. The number of benzene rings is 2. The molecule has 0 saturated heterocycles. The summed E-state index contributed by atoms with van der Waals surface area (Å²) in [5, 5.41) is 3.65. The van der Waals surface area contributed by atoms with Gasteiger partial charge in [0.05, 0.1) is 7.11 Å². The second-order valence-electron chi connectivity index (χ2n) is 6.78. The molecular weight excluding hydrogens is 312 g/mol. The van der Waals surface area contributed by atoms with Crippen molar-refractivity contribution < 1.29 is 9.53 Å². The first-order valence-electron chi connectivity index (χ1n) is 8.58. The number of carbonyl (C=O) groups excluding carboxylic acids is 1. The van der Waals surface area contributed by atoms with Gasteiger partial charge in [-0.2, -0.15) is 0 Å². The molecule has 0 bridgehead atoms. The predicted molar refractivity (Wildman–Crippen MR) is 97.5 cm³/mol. The van der Waals surface area contributed by atoms with Crippen LogP contribution in [0, 0.1) is 0 Å². The van der Waals surface area contributed by atoms with Gasteiger partial charge in [-0.25, -0.2) is 4.99 Å². The van der Waals surface area contributed by atoms with E-state index in [4.69, 9.17) is 4.74 Å². The molecule has 0 saturated carbocycles. The highest BCUT2D eigenvalue weighted by molar-refractivity contribution is 6.13. The molecule has 0 fully saturated rings. The smallest absolute Gasteiger partial charge is 0.273 e. The fraction of sp³-hybridized carbons (Fsp3) is 0.238. The summed E-state index contributed by atoms with van der Waals surface area (Å²) in [6, 6.07) is 16.6. The molecule has 3 unspecified atom stereocenters. The zero-order valence-electron chi connectivity index (χ0n) is 13.9. The van der Waals surface area contributed by atoms with Crippen LogP contribution in [0.3, 0.4) is 0 Å². The number of nitrogens with one attached hydrogen (secondary N) is 1. The molecule has 0 radical (unpaired) electrons. The van der Waals surface area contributed by atoms with E-state index in [0.29, 0.717) is 0 Å². The maximum absolute atomic E-state index is 12.6. The van der Waals surface area contributed by atoms with Crippen LogP contribution >= 0.6 is 0 Å². The van der Waals surface area contributed by atoms with Gasteiger partial charge in [-0.1, -0.05) is 36.4 Å². The lowest BCUT2D eigenvalue weighted by Crippen LogP contribution is -2.31.